The lowest BCUT2D eigenvalue weighted by Crippen LogP contribution is -2.14. The third-order valence-corrected chi connectivity index (χ3v) is 6.33. The van der Waals surface area contributed by atoms with E-state index in [0.29, 0.717) is 16.5 Å². The van der Waals surface area contributed by atoms with E-state index < -0.39 is 5.97 Å². The van der Waals surface area contributed by atoms with Gasteiger partial charge < -0.3 is 10.1 Å². The van der Waals surface area contributed by atoms with E-state index in [1.807, 2.05) is 24.4 Å². The molecule has 4 aromatic heterocycles. The van der Waals surface area contributed by atoms with E-state index in [0.717, 1.165) is 35.2 Å². The fraction of sp³-hybridized carbons (Fsp3) is 0.227. The summed E-state index contributed by atoms with van der Waals surface area (Å²) in [7, 11) is 0. The summed E-state index contributed by atoms with van der Waals surface area (Å²) in [6.45, 7) is 1.93. The number of esters is 1. The highest BCUT2D eigenvalue weighted by Crippen LogP contribution is 2.47. The van der Waals surface area contributed by atoms with Gasteiger partial charge in [0, 0.05) is 17.3 Å². The Kier molecular flexibility index (Phi) is 5.36. The van der Waals surface area contributed by atoms with E-state index in [-0.39, 0.29) is 23.2 Å². The Morgan fingerprint density at radius 2 is 2.19 bits per heavy atom. The first kappa shape index (κ1) is 20.6. The zero-order valence-electron chi connectivity index (χ0n) is 17.0. The molecule has 5 rings (SSSR count). The van der Waals surface area contributed by atoms with Crippen LogP contribution in [0.15, 0.2) is 42.9 Å². The van der Waals surface area contributed by atoms with Crippen molar-refractivity contribution in [1.82, 2.24) is 19.0 Å². The second-order valence-electron chi connectivity index (χ2n) is 7.36. The van der Waals surface area contributed by atoms with Crippen molar-refractivity contribution in [3.05, 3.63) is 64.0 Å². The van der Waals surface area contributed by atoms with Crippen LogP contribution in [0, 0.1) is 0 Å². The first-order valence-corrected chi connectivity index (χ1v) is 11.3. The number of nitrogens with zero attached hydrogens (tertiary/aromatic N) is 4. The van der Waals surface area contributed by atoms with Crippen LogP contribution in [-0.4, -0.2) is 37.5 Å². The van der Waals surface area contributed by atoms with Crippen LogP contribution < -0.4 is 5.32 Å². The molecule has 0 unspecified atom stereocenters. The molecule has 4 aromatic rings. The molecule has 32 heavy (non-hydrogen) atoms. The summed E-state index contributed by atoms with van der Waals surface area (Å²) in [5.74, 6) is -0.578. The number of hydrogen-bond donors (Lipinski definition) is 1. The second-order valence-corrected chi connectivity index (χ2v) is 8.54. The minimum atomic E-state index is -0.604. The molecule has 1 amide bonds. The number of ether oxygens (including phenoxy) is 1. The van der Waals surface area contributed by atoms with Crippen LogP contribution in [0.1, 0.15) is 51.4 Å². The molecule has 1 fully saturated rings. The van der Waals surface area contributed by atoms with Gasteiger partial charge in [-0.2, -0.15) is 9.47 Å². The van der Waals surface area contributed by atoms with Crippen molar-refractivity contribution in [1.29, 1.82) is 0 Å². The van der Waals surface area contributed by atoms with Gasteiger partial charge in [0.05, 0.1) is 40.9 Å². The van der Waals surface area contributed by atoms with E-state index in [1.54, 1.807) is 17.6 Å². The zero-order valence-corrected chi connectivity index (χ0v) is 18.6. The summed E-state index contributed by atoms with van der Waals surface area (Å²) in [6.07, 6.45) is 7.06. The van der Waals surface area contributed by atoms with Crippen LogP contribution in [0.4, 0.5) is 5.69 Å². The highest BCUT2D eigenvalue weighted by molar-refractivity contribution is 7.08. The number of carbonyl (C=O) groups is 2. The monoisotopic (exact) mass is 467 g/mol. The minimum Gasteiger partial charge on any atom is -0.461 e. The summed E-state index contributed by atoms with van der Waals surface area (Å²) >= 11 is 7.35. The fourth-order valence-corrected chi connectivity index (χ4v) is 4.72. The molecule has 1 aliphatic rings. The molecule has 0 bridgehead atoms. The summed E-state index contributed by atoms with van der Waals surface area (Å²) in [6, 6.07) is 7.34. The molecule has 10 heteroatoms. The maximum atomic E-state index is 13.1. The van der Waals surface area contributed by atoms with Crippen LogP contribution in [-0.2, 0) is 4.74 Å². The molecule has 0 radical (unpaired) electrons. The van der Waals surface area contributed by atoms with Gasteiger partial charge in [0.15, 0.2) is 5.69 Å². The Morgan fingerprint density at radius 1 is 1.34 bits per heavy atom. The number of hydrogen-bond acceptors (Lipinski definition) is 7. The molecule has 0 spiro atoms. The van der Waals surface area contributed by atoms with Crippen molar-refractivity contribution >= 4 is 46.2 Å². The Bertz CT molecular complexity index is 1340. The van der Waals surface area contributed by atoms with Crippen molar-refractivity contribution in [2.45, 2.75) is 25.7 Å². The summed E-state index contributed by atoms with van der Waals surface area (Å²) in [4.78, 5) is 29.6. The second kappa shape index (κ2) is 8.33. The van der Waals surface area contributed by atoms with Crippen molar-refractivity contribution in [3.8, 4) is 11.3 Å². The number of pyridine rings is 2. The van der Waals surface area contributed by atoms with Crippen molar-refractivity contribution < 1.29 is 14.3 Å². The predicted octanol–water partition coefficient (Wildman–Crippen LogP) is 4.81. The van der Waals surface area contributed by atoms with Crippen LogP contribution in [0.25, 0.3) is 16.8 Å². The third kappa shape index (κ3) is 3.74. The van der Waals surface area contributed by atoms with Crippen molar-refractivity contribution in [2.24, 2.45) is 0 Å². The lowest BCUT2D eigenvalue weighted by atomic mass is 10.0. The van der Waals surface area contributed by atoms with Gasteiger partial charge in [-0.15, -0.1) is 0 Å². The van der Waals surface area contributed by atoms with E-state index in [4.69, 9.17) is 16.3 Å². The molecule has 0 aliphatic heterocycles. The Morgan fingerprint density at radius 3 is 2.94 bits per heavy atom. The summed E-state index contributed by atoms with van der Waals surface area (Å²) in [5.41, 5.74) is 4.08. The van der Waals surface area contributed by atoms with Gasteiger partial charge >= 0.3 is 5.97 Å². The van der Waals surface area contributed by atoms with E-state index in [1.165, 1.54) is 23.8 Å². The SMILES string of the molecule is CCOC(=O)c1ncc(NC(=O)c2snc(-c3cccn4nccc34)c2C2CC2)cc1Cl. The number of amides is 1. The number of carbonyl (C=O) groups excluding carboxylic acids is 2. The van der Waals surface area contributed by atoms with E-state index >= 15 is 0 Å². The van der Waals surface area contributed by atoms with Crippen LogP contribution in [0.2, 0.25) is 5.02 Å². The lowest BCUT2D eigenvalue weighted by Gasteiger charge is -2.09. The van der Waals surface area contributed by atoms with Crippen molar-refractivity contribution in [3.63, 3.8) is 0 Å². The van der Waals surface area contributed by atoms with Crippen LogP contribution in [0.5, 0.6) is 0 Å². The Hall–Kier alpha value is -3.30. The largest absolute Gasteiger partial charge is 0.461 e. The average molecular weight is 468 g/mol. The number of halogens is 1. The molecule has 1 aliphatic carbocycles. The molecule has 0 saturated heterocycles. The maximum Gasteiger partial charge on any atom is 0.358 e. The summed E-state index contributed by atoms with van der Waals surface area (Å²) < 4.78 is 11.4. The van der Waals surface area contributed by atoms with Gasteiger partial charge in [0.25, 0.3) is 5.91 Å². The van der Waals surface area contributed by atoms with E-state index in [9.17, 15) is 9.59 Å². The minimum absolute atomic E-state index is 0.0131. The number of fused-ring (bicyclic) bond motifs is 1. The molecular weight excluding hydrogens is 450 g/mol. The molecule has 1 saturated carbocycles. The Balaban J connectivity index is 1.46. The maximum absolute atomic E-state index is 13.1. The standard InChI is InChI=1S/C22H18ClN5O3S/c1-2-31-22(30)19-15(23)10-13(11-24-19)26-21(29)20-17(12-5-6-12)18(27-32-20)14-4-3-9-28-16(14)7-8-25-28/h3-4,7-12H,2,5-6H2,1H3,(H,26,29). The number of anilines is 1. The first-order chi connectivity index (χ1) is 15.6. The van der Waals surface area contributed by atoms with Gasteiger partial charge in [-0.25, -0.2) is 14.3 Å². The smallest absolute Gasteiger partial charge is 0.358 e. The highest BCUT2D eigenvalue weighted by Gasteiger charge is 2.34. The molecular formula is C22H18ClN5O3S. The van der Waals surface area contributed by atoms with E-state index in [2.05, 4.69) is 19.8 Å². The average Bonchev–Trinajstić information content (AvgIpc) is 3.32. The molecule has 4 heterocycles. The van der Waals surface area contributed by atoms with Crippen LogP contribution in [0.3, 0.4) is 0 Å². The highest BCUT2D eigenvalue weighted by atomic mass is 35.5. The molecule has 0 aromatic carbocycles. The van der Waals surface area contributed by atoms with Gasteiger partial charge in [0.1, 0.15) is 4.88 Å². The van der Waals surface area contributed by atoms with Gasteiger partial charge in [-0.05, 0) is 61.5 Å². The summed E-state index contributed by atoms with van der Waals surface area (Å²) in [5, 5.41) is 7.24. The van der Waals surface area contributed by atoms with Gasteiger partial charge in [0.2, 0.25) is 0 Å². The zero-order chi connectivity index (χ0) is 22.2. The van der Waals surface area contributed by atoms with Crippen molar-refractivity contribution in [2.75, 3.05) is 11.9 Å². The quantitative estimate of drug-likeness (QED) is 0.408. The topological polar surface area (TPSA) is 98.5 Å². The number of aromatic nitrogens is 4. The molecule has 0 atom stereocenters. The molecule has 162 valence electrons. The van der Waals surface area contributed by atoms with Crippen LogP contribution >= 0.6 is 23.1 Å². The van der Waals surface area contributed by atoms with Gasteiger partial charge in [-0.3, -0.25) is 4.79 Å². The number of nitrogens with one attached hydrogen (secondary N) is 1. The fourth-order valence-electron chi connectivity index (χ4n) is 3.60. The lowest BCUT2D eigenvalue weighted by molar-refractivity contribution is 0.0519. The van der Waals surface area contributed by atoms with Gasteiger partial charge in [-0.1, -0.05) is 11.6 Å². The number of rotatable bonds is 6. The third-order valence-electron chi connectivity index (χ3n) is 5.18. The predicted molar refractivity (Wildman–Crippen MR) is 121 cm³/mol. The Labute approximate surface area is 192 Å². The normalized spacial score (nSPS) is 13.3. The first-order valence-electron chi connectivity index (χ1n) is 10.1. The molecule has 8 nitrogen and oxygen atoms in total. The molecule has 1 N–H and O–H groups in total.